The lowest BCUT2D eigenvalue weighted by Gasteiger charge is -2.21. The molecule has 0 heterocycles. The minimum Gasteiger partial charge on any atom is -0.462 e. The van der Waals surface area contributed by atoms with Crippen molar-refractivity contribution in [3.63, 3.8) is 0 Å². The maximum Gasteiger partial charge on any atom is 0.472 e. The molecule has 0 rings (SSSR count). The van der Waals surface area contributed by atoms with Gasteiger partial charge in [0.15, 0.2) is 12.2 Å². The minimum absolute atomic E-state index is 0.104. The van der Waals surface area contributed by atoms with Crippen molar-refractivity contribution in [2.24, 2.45) is 5.92 Å². The van der Waals surface area contributed by atoms with Gasteiger partial charge in [-0.2, -0.15) is 0 Å². The minimum atomic E-state index is -4.94. The third kappa shape index (κ3) is 53.4. The van der Waals surface area contributed by atoms with E-state index in [0.717, 1.165) is 109 Å². The van der Waals surface area contributed by atoms with E-state index in [1.807, 2.05) is 0 Å². The van der Waals surface area contributed by atoms with Crippen molar-refractivity contribution >= 4 is 39.5 Å². The average molecular weight is 1160 g/mol. The third-order valence-corrected chi connectivity index (χ3v) is 15.4. The van der Waals surface area contributed by atoms with Crippen molar-refractivity contribution < 1.29 is 80.2 Å². The SMILES string of the molecule is CCCCCCCCCCCCCCC(=O)OC[C@H](COP(=O)(O)OC[C@@H](O)COP(=O)(O)OC[C@@H](COC(=O)CCCCCCC)OC(=O)CCCCCCCCCC)OC(=O)CCCCCCCCCCCCC(C)C. The van der Waals surface area contributed by atoms with Gasteiger partial charge in [0.05, 0.1) is 26.4 Å². The zero-order valence-electron chi connectivity index (χ0n) is 49.8. The Labute approximate surface area is 473 Å². The van der Waals surface area contributed by atoms with E-state index in [4.69, 9.17) is 37.0 Å². The van der Waals surface area contributed by atoms with Crippen molar-refractivity contribution in [2.45, 2.75) is 310 Å². The van der Waals surface area contributed by atoms with E-state index in [9.17, 15) is 43.2 Å². The molecule has 462 valence electrons. The topological polar surface area (TPSA) is 237 Å². The van der Waals surface area contributed by atoms with Gasteiger partial charge in [0.25, 0.3) is 0 Å². The van der Waals surface area contributed by atoms with Crippen LogP contribution in [0.5, 0.6) is 0 Å². The molecule has 0 fully saturated rings. The van der Waals surface area contributed by atoms with Gasteiger partial charge < -0.3 is 33.8 Å². The molecule has 0 aromatic carbocycles. The molecule has 5 atom stereocenters. The molecular formula is C59H114O17P2. The normalized spacial score (nSPS) is 14.4. The molecule has 3 N–H and O–H groups in total. The Morgan fingerprint density at radius 2 is 0.590 bits per heavy atom. The molecule has 2 unspecified atom stereocenters. The molecular weight excluding hydrogens is 1040 g/mol. The van der Waals surface area contributed by atoms with Crippen molar-refractivity contribution in [1.82, 2.24) is 0 Å². The summed E-state index contributed by atoms with van der Waals surface area (Å²) in [6.45, 7) is 7.03. The van der Waals surface area contributed by atoms with Crippen LogP contribution in [0.3, 0.4) is 0 Å². The highest BCUT2D eigenvalue weighted by molar-refractivity contribution is 7.47. The van der Waals surface area contributed by atoms with Crippen molar-refractivity contribution in [3.8, 4) is 0 Å². The molecule has 0 aromatic heterocycles. The number of esters is 4. The monoisotopic (exact) mass is 1160 g/mol. The van der Waals surface area contributed by atoms with Crippen molar-refractivity contribution in [1.29, 1.82) is 0 Å². The molecule has 19 heteroatoms. The average Bonchev–Trinajstić information content (AvgIpc) is 3.40. The van der Waals surface area contributed by atoms with Gasteiger partial charge in [-0.25, -0.2) is 9.13 Å². The quantitative estimate of drug-likeness (QED) is 0.0222. The van der Waals surface area contributed by atoms with Crippen LogP contribution in [0.4, 0.5) is 0 Å². The van der Waals surface area contributed by atoms with Gasteiger partial charge in [-0.3, -0.25) is 37.3 Å². The molecule has 0 aromatic rings. The number of hydrogen-bond acceptors (Lipinski definition) is 15. The third-order valence-electron chi connectivity index (χ3n) is 13.5. The summed E-state index contributed by atoms with van der Waals surface area (Å²) >= 11 is 0. The van der Waals surface area contributed by atoms with Crippen molar-refractivity contribution in [3.05, 3.63) is 0 Å². The van der Waals surface area contributed by atoms with E-state index in [0.29, 0.717) is 25.7 Å². The zero-order valence-corrected chi connectivity index (χ0v) is 51.6. The first-order valence-corrected chi connectivity index (χ1v) is 34.1. The first-order chi connectivity index (χ1) is 37.5. The molecule has 0 spiro atoms. The summed E-state index contributed by atoms with van der Waals surface area (Å²) in [7, 11) is -9.86. The fourth-order valence-corrected chi connectivity index (χ4v) is 10.3. The van der Waals surface area contributed by atoms with Crippen LogP contribution >= 0.6 is 15.6 Å². The molecule has 0 aliphatic heterocycles. The van der Waals surface area contributed by atoms with Crippen LogP contribution in [-0.2, 0) is 65.4 Å². The van der Waals surface area contributed by atoms with Gasteiger partial charge in [-0.05, 0) is 31.6 Å². The van der Waals surface area contributed by atoms with Gasteiger partial charge in [-0.15, -0.1) is 0 Å². The second-order valence-electron chi connectivity index (χ2n) is 21.9. The summed E-state index contributed by atoms with van der Waals surface area (Å²) in [5, 5.41) is 10.5. The smallest absolute Gasteiger partial charge is 0.462 e. The Kier molecular flexibility index (Phi) is 51.8. The Morgan fingerprint density at radius 1 is 0.346 bits per heavy atom. The standard InChI is InChI=1S/C59H114O17P2/c1-6-9-12-15-17-19-20-21-25-29-33-38-43-57(62)70-49-55(76-59(64)45-40-35-30-26-23-22-24-27-32-36-41-52(4)5)51-74-78(67,68)72-47-53(60)46-71-77(65,66)73-50-54(48-69-56(61)42-37-31-14-11-8-3)75-58(63)44-39-34-28-18-16-13-10-7-2/h52-55,60H,6-51H2,1-5H3,(H,65,66)(H,67,68)/t53-,54+,55+/m0/s1. The van der Waals surface area contributed by atoms with Crippen LogP contribution in [0.15, 0.2) is 0 Å². The number of hydrogen-bond donors (Lipinski definition) is 3. The summed E-state index contributed by atoms with van der Waals surface area (Å²) < 4.78 is 67.5. The van der Waals surface area contributed by atoms with E-state index in [1.165, 1.54) is 103 Å². The molecule has 0 bridgehead atoms. The number of phosphoric ester groups is 2. The molecule has 0 amide bonds. The Morgan fingerprint density at radius 3 is 0.872 bits per heavy atom. The number of rotatable bonds is 59. The number of phosphoric acid groups is 2. The second-order valence-corrected chi connectivity index (χ2v) is 24.8. The molecule has 0 aliphatic carbocycles. The number of unbranched alkanes of at least 4 members (excludes halogenated alkanes) is 31. The summed E-state index contributed by atoms with van der Waals surface area (Å²) in [6.07, 6.45) is 35.2. The molecule has 78 heavy (non-hydrogen) atoms. The highest BCUT2D eigenvalue weighted by Gasteiger charge is 2.30. The maximum atomic E-state index is 12.9. The fourth-order valence-electron chi connectivity index (χ4n) is 8.70. The Hall–Kier alpha value is -1.94. The first-order valence-electron chi connectivity index (χ1n) is 31.1. The lowest BCUT2D eigenvalue weighted by molar-refractivity contribution is -0.161. The Bertz CT molecular complexity index is 1530. The molecule has 17 nitrogen and oxygen atoms in total. The predicted octanol–water partition coefficient (Wildman–Crippen LogP) is 15.8. The summed E-state index contributed by atoms with van der Waals surface area (Å²) in [5.41, 5.74) is 0. The summed E-state index contributed by atoms with van der Waals surface area (Å²) in [4.78, 5) is 71.7. The van der Waals surface area contributed by atoms with Crippen molar-refractivity contribution in [2.75, 3.05) is 39.6 Å². The zero-order chi connectivity index (χ0) is 57.8. The van der Waals surface area contributed by atoms with Gasteiger partial charge in [0, 0.05) is 25.7 Å². The van der Waals surface area contributed by atoms with Gasteiger partial charge >= 0.3 is 39.5 Å². The van der Waals surface area contributed by atoms with E-state index in [1.54, 1.807) is 0 Å². The summed E-state index contributed by atoms with van der Waals surface area (Å²) in [5.74, 6) is -1.40. The lowest BCUT2D eigenvalue weighted by Crippen LogP contribution is -2.30. The molecule has 0 radical (unpaired) electrons. The van der Waals surface area contributed by atoms with E-state index >= 15 is 0 Å². The maximum absolute atomic E-state index is 12.9. The number of carbonyl (C=O) groups excluding carboxylic acids is 4. The van der Waals surface area contributed by atoms with Crippen LogP contribution in [0, 0.1) is 5.92 Å². The number of ether oxygens (including phenoxy) is 4. The van der Waals surface area contributed by atoms with Gasteiger partial charge in [0.2, 0.25) is 0 Å². The highest BCUT2D eigenvalue weighted by Crippen LogP contribution is 2.45. The lowest BCUT2D eigenvalue weighted by atomic mass is 10.0. The van der Waals surface area contributed by atoms with Crippen LogP contribution in [-0.4, -0.2) is 96.7 Å². The fraction of sp³-hybridized carbons (Fsp3) is 0.932. The Balaban J connectivity index is 5.17. The molecule has 0 saturated carbocycles. The van der Waals surface area contributed by atoms with Crippen LogP contribution in [0.1, 0.15) is 291 Å². The predicted molar refractivity (Wildman–Crippen MR) is 308 cm³/mol. The number of aliphatic hydroxyl groups is 1. The molecule has 0 aliphatic rings. The van der Waals surface area contributed by atoms with Crippen LogP contribution < -0.4 is 0 Å². The van der Waals surface area contributed by atoms with Crippen LogP contribution in [0.2, 0.25) is 0 Å². The highest BCUT2D eigenvalue weighted by atomic mass is 31.2. The van der Waals surface area contributed by atoms with Gasteiger partial charge in [0.1, 0.15) is 19.3 Å². The number of carbonyl (C=O) groups is 4. The largest absolute Gasteiger partial charge is 0.472 e. The van der Waals surface area contributed by atoms with E-state index < -0.39 is 97.5 Å². The first kappa shape index (κ1) is 76.1. The van der Waals surface area contributed by atoms with E-state index in [-0.39, 0.29) is 25.7 Å². The van der Waals surface area contributed by atoms with Gasteiger partial charge in [-0.1, -0.05) is 240 Å². The second kappa shape index (κ2) is 53.1. The summed E-state index contributed by atoms with van der Waals surface area (Å²) in [6, 6.07) is 0. The van der Waals surface area contributed by atoms with E-state index in [2.05, 4.69) is 34.6 Å². The number of aliphatic hydroxyl groups excluding tert-OH is 1. The van der Waals surface area contributed by atoms with Crippen LogP contribution in [0.25, 0.3) is 0 Å². The molecule has 0 saturated heterocycles.